The normalized spacial score (nSPS) is 18.3. The van der Waals surface area contributed by atoms with Gasteiger partial charge in [-0.1, -0.05) is 30.3 Å². The molecule has 1 N–H and O–H groups in total. The van der Waals surface area contributed by atoms with E-state index in [0.717, 1.165) is 16.9 Å². The van der Waals surface area contributed by atoms with Gasteiger partial charge in [0.2, 0.25) is 5.90 Å². The molecule has 2 aromatic carbocycles. The van der Waals surface area contributed by atoms with Gasteiger partial charge in [0.15, 0.2) is 5.54 Å². The molecule has 0 radical (unpaired) electrons. The molecule has 1 heterocycles. The fraction of sp³-hybridized carbons (Fsp3) is 0.364. The molecule has 1 atom stereocenters. The molecule has 148 valence electrons. The molecular weight excluding hydrogens is 356 g/mol. The third-order valence-electron chi connectivity index (χ3n) is 4.58. The molecular formula is C22H26N2O4. The molecule has 28 heavy (non-hydrogen) atoms. The first-order valence-electron chi connectivity index (χ1n) is 9.36. The number of carbonyl (C=O) groups excluding carboxylic acids is 1. The lowest BCUT2D eigenvalue weighted by molar-refractivity contribution is -0.134. The summed E-state index contributed by atoms with van der Waals surface area (Å²) in [7, 11) is 3.47. The first kappa shape index (κ1) is 19.9. The Kier molecular flexibility index (Phi) is 6.31. The van der Waals surface area contributed by atoms with Crippen LogP contribution < -0.4 is 4.74 Å². The second-order valence-electron chi connectivity index (χ2n) is 7.05. The van der Waals surface area contributed by atoms with Crippen LogP contribution in [0.3, 0.4) is 0 Å². The van der Waals surface area contributed by atoms with E-state index < -0.39 is 5.54 Å². The molecule has 6 heteroatoms. The Balaban J connectivity index is 1.83. The average Bonchev–Trinajstić information content (AvgIpc) is 3.14. The van der Waals surface area contributed by atoms with Crippen molar-refractivity contribution < 1.29 is 19.4 Å². The minimum atomic E-state index is -0.962. The van der Waals surface area contributed by atoms with E-state index in [-0.39, 0.29) is 19.1 Å². The smallest absolute Gasteiger partial charge is 0.254 e. The molecule has 0 fully saturated rings. The van der Waals surface area contributed by atoms with Crippen molar-refractivity contribution in [2.75, 3.05) is 33.9 Å². The van der Waals surface area contributed by atoms with Crippen LogP contribution >= 0.6 is 0 Å². The van der Waals surface area contributed by atoms with Gasteiger partial charge in [0.25, 0.3) is 5.91 Å². The summed E-state index contributed by atoms with van der Waals surface area (Å²) in [6.45, 7) is 0.778. The summed E-state index contributed by atoms with van der Waals surface area (Å²) >= 11 is 0. The lowest BCUT2D eigenvalue weighted by Gasteiger charge is -2.26. The molecule has 0 bridgehead atoms. The SMILES string of the molecule is CN(C)C(=O)[C@@]1(Cc2ccccc2)COC(c2ccc(OCCCO)cc2)=N1. The van der Waals surface area contributed by atoms with Gasteiger partial charge in [-0.3, -0.25) is 4.79 Å². The Hall–Kier alpha value is -2.86. The first-order chi connectivity index (χ1) is 13.5. The predicted molar refractivity (Wildman–Crippen MR) is 108 cm³/mol. The van der Waals surface area contributed by atoms with Crippen molar-refractivity contribution in [1.82, 2.24) is 4.90 Å². The van der Waals surface area contributed by atoms with Crippen LogP contribution in [-0.4, -0.2) is 61.3 Å². The van der Waals surface area contributed by atoms with Crippen molar-refractivity contribution in [3.63, 3.8) is 0 Å². The largest absolute Gasteiger partial charge is 0.494 e. The van der Waals surface area contributed by atoms with Gasteiger partial charge >= 0.3 is 0 Å². The maximum absolute atomic E-state index is 12.9. The Labute approximate surface area is 165 Å². The van der Waals surface area contributed by atoms with E-state index in [2.05, 4.69) is 0 Å². The van der Waals surface area contributed by atoms with Crippen molar-refractivity contribution >= 4 is 11.8 Å². The summed E-state index contributed by atoms with van der Waals surface area (Å²) in [6.07, 6.45) is 1.07. The molecule has 0 spiro atoms. The van der Waals surface area contributed by atoms with Crippen LogP contribution in [0.4, 0.5) is 0 Å². The summed E-state index contributed by atoms with van der Waals surface area (Å²) < 4.78 is 11.4. The monoisotopic (exact) mass is 382 g/mol. The minimum absolute atomic E-state index is 0.0738. The second kappa shape index (κ2) is 8.89. The number of nitrogens with zero attached hydrogens (tertiary/aromatic N) is 2. The highest BCUT2D eigenvalue weighted by Crippen LogP contribution is 2.28. The molecule has 2 aromatic rings. The molecule has 1 aliphatic rings. The van der Waals surface area contributed by atoms with Crippen LogP contribution in [-0.2, 0) is 16.0 Å². The van der Waals surface area contributed by atoms with Crippen LogP contribution in [0.1, 0.15) is 17.5 Å². The summed E-state index contributed by atoms with van der Waals surface area (Å²) in [6, 6.07) is 17.3. The van der Waals surface area contributed by atoms with Crippen LogP contribution in [0.15, 0.2) is 59.6 Å². The van der Waals surface area contributed by atoms with E-state index in [1.807, 2.05) is 54.6 Å². The molecule has 0 unspecified atom stereocenters. The minimum Gasteiger partial charge on any atom is -0.494 e. The number of amides is 1. The third kappa shape index (κ3) is 4.51. The van der Waals surface area contributed by atoms with Gasteiger partial charge in [-0.15, -0.1) is 0 Å². The Morgan fingerprint density at radius 3 is 2.54 bits per heavy atom. The fourth-order valence-electron chi connectivity index (χ4n) is 3.17. The number of likely N-dealkylation sites (N-methyl/N-ethyl adjacent to an activating group) is 1. The van der Waals surface area contributed by atoms with E-state index in [0.29, 0.717) is 25.3 Å². The maximum Gasteiger partial charge on any atom is 0.254 e. The quantitative estimate of drug-likeness (QED) is 0.711. The molecule has 6 nitrogen and oxygen atoms in total. The number of aliphatic hydroxyl groups excluding tert-OH is 1. The van der Waals surface area contributed by atoms with Crippen molar-refractivity contribution in [2.45, 2.75) is 18.4 Å². The zero-order chi connectivity index (χ0) is 20.0. The molecule has 3 rings (SSSR count). The van der Waals surface area contributed by atoms with Gasteiger partial charge in [0.05, 0.1) is 6.61 Å². The molecule has 0 aromatic heterocycles. The standard InChI is InChI=1S/C22H26N2O4/c1-24(2)21(26)22(15-17-7-4-3-5-8-17)16-28-20(23-22)18-9-11-19(12-10-18)27-14-6-13-25/h3-5,7-12,25H,6,13-16H2,1-2H3/t22-/m1/s1. The number of aliphatic hydroxyl groups is 1. The van der Waals surface area contributed by atoms with E-state index >= 15 is 0 Å². The average molecular weight is 382 g/mol. The number of ether oxygens (including phenoxy) is 2. The Morgan fingerprint density at radius 2 is 1.89 bits per heavy atom. The number of hydrogen-bond acceptors (Lipinski definition) is 5. The van der Waals surface area contributed by atoms with Crippen molar-refractivity contribution in [3.8, 4) is 5.75 Å². The van der Waals surface area contributed by atoms with Crippen molar-refractivity contribution in [2.24, 2.45) is 4.99 Å². The van der Waals surface area contributed by atoms with E-state index in [1.165, 1.54) is 0 Å². The first-order valence-corrected chi connectivity index (χ1v) is 9.36. The molecule has 1 amide bonds. The number of hydrogen-bond donors (Lipinski definition) is 1. The van der Waals surface area contributed by atoms with Crippen molar-refractivity contribution in [1.29, 1.82) is 0 Å². The van der Waals surface area contributed by atoms with Crippen LogP contribution in [0.25, 0.3) is 0 Å². The van der Waals surface area contributed by atoms with Crippen LogP contribution in [0, 0.1) is 0 Å². The number of aliphatic imine (C=N–C) groups is 1. The number of carbonyl (C=O) groups is 1. The predicted octanol–water partition coefficient (Wildman–Crippen LogP) is 2.29. The highest BCUT2D eigenvalue weighted by Gasteiger charge is 2.45. The van der Waals surface area contributed by atoms with E-state index in [1.54, 1.807) is 19.0 Å². The highest BCUT2D eigenvalue weighted by atomic mass is 16.5. The molecule has 0 aliphatic carbocycles. The van der Waals surface area contributed by atoms with Crippen LogP contribution in [0.5, 0.6) is 5.75 Å². The number of rotatable bonds is 8. The zero-order valence-corrected chi connectivity index (χ0v) is 16.3. The Morgan fingerprint density at radius 1 is 1.18 bits per heavy atom. The van der Waals surface area contributed by atoms with E-state index in [9.17, 15) is 4.79 Å². The summed E-state index contributed by atoms with van der Waals surface area (Å²) in [4.78, 5) is 19.3. The summed E-state index contributed by atoms with van der Waals surface area (Å²) in [5, 5.41) is 8.83. The van der Waals surface area contributed by atoms with Crippen molar-refractivity contribution in [3.05, 3.63) is 65.7 Å². The van der Waals surface area contributed by atoms with Gasteiger partial charge in [0.1, 0.15) is 12.4 Å². The van der Waals surface area contributed by atoms with Gasteiger partial charge < -0.3 is 19.5 Å². The summed E-state index contributed by atoms with van der Waals surface area (Å²) in [5.74, 6) is 1.11. The third-order valence-corrected chi connectivity index (χ3v) is 4.58. The number of benzene rings is 2. The highest BCUT2D eigenvalue weighted by molar-refractivity contribution is 6.00. The molecule has 0 saturated carbocycles. The lowest BCUT2D eigenvalue weighted by Crippen LogP contribution is -2.47. The Bertz CT molecular complexity index is 818. The second-order valence-corrected chi connectivity index (χ2v) is 7.05. The fourth-order valence-corrected chi connectivity index (χ4v) is 3.17. The molecule has 1 aliphatic heterocycles. The van der Waals surface area contributed by atoms with E-state index in [4.69, 9.17) is 19.6 Å². The zero-order valence-electron chi connectivity index (χ0n) is 16.3. The molecule has 0 saturated heterocycles. The topological polar surface area (TPSA) is 71.4 Å². The van der Waals surface area contributed by atoms with Crippen LogP contribution in [0.2, 0.25) is 0 Å². The van der Waals surface area contributed by atoms with Gasteiger partial charge in [-0.25, -0.2) is 4.99 Å². The van der Waals surface area contributed by atoms with Gasteiger partial charge in [-0.05, 0) is 29.8 Å². The summed E-state index contributed by atoms with van der Waals surface area (Å²) in [5.41, 5.74) is 0.881. The lowest BCUT2D eigenvalue weighted by atomic mass is 9.91. The maximum atomic E-state index is 12.9. The van der Waals surface area contributed by atoms with Gasteiger partial charge in [-0.2, -0.15) is 0 Å². The van der Waals surface area contributed by atoms with Gasteiger partial charge in [0, 0.05) is 39.1 Å².